The molecule has 1 heterocycles. The molecule has 5 heteroatoms. The zero-order valence-corrected chi connectivity index (χ0v) is 24.0. The lowest BCUT2D eigenvalue weighted by Crippen LogP contribution is -2.46. The Hall–Kier alpha value is -2.14. The Morgan fingerprint density at radius 2 is 1.86 bits per heavy atom. The van der Waals surface area contributed by atoms with Crippen LogP contribution < -0.4 is 10.2 Å². The Labute approximate surface area is 225 Å². The molecule has 4 unspecified atom stereocenters. The average molecular weight is 511 g/mol. The molecule has 5 nitrogen and oxygen atoms in total. The van der Waals surface area contributed by atoms with E-state index in [2.05, 4.69) is 58.1 Å². The third-order valence-corrected chi connectivity index (χ3v) is 8.37. The number of amides is 2. The van der Waals surface area contributed by atoms with E-state index in [1.165, 1.54) is 29.5 Å². The number of carbonyl (C=O) groups is 2. The Balaban J connectivity index is 1.74. The smallest absolute Gasteiger partial charge is 0.224 e. The van der Waals surface area contributed by atoms with E-state index in [1.807, 2.05) is 4.90 Å². The summed E-state index contributed by atoms with van der Waals surface area (Å²) in [7, 11) is 0. The third-order valence-electron chi connectivity index (χ3n) is 8.37. The molecule has 0 aromatic heterocycles. The fourth-order valence-electron chi connectivity index (χ4n) is 5.58. The van der Waals surface area contributed by atoms with Gasteiger partial charge in [0, 0.05) is 24.4 Å². The van der Waals surface area contributed by atoms with Gasteiger partial charge in [-0.2, -0.15) is 0 Å². The number of piperidine rings is 1. The van der Waals surface area contributed by atoms with Gasteiger partial charge in [0.05, 0.1) is 12.1 Å². The Kier molecular flexibility index (Phi) is 11.7. The van der Waals surface area contributed by atoms with Crippen LogP contribution in [0.4, 0.5) is 5.69 Å². The van der Waals surface area contributed by atoms with Crippen molar-refractivity contribution in [1.29, 1.82) is 0 Å². The summed E-state index contributed by atoms with van der Waals surface area (Å²) in [5.74, 6) is 1.17. The van der Waals surface area contributed by atoms with Gasteiger partial charge in [-0.1, -0.05) is 59.6 Å². The van der Waals surface area contributed by atoms with E-state index < -0.39 is 0 Å². The summed E-state index contributed by atoms with van der Waals surface area (Å²) in [5.41, 5.74) is 5.85. The molecule has 3 rings (SSSR count). The van der Waals surface area contributed by atoms with Crippen LogP contribution in [0.1, 0.15) is 122 Å². The number of ether oxygens (including phenoxy) is 1. The van der Waals surface area contributed by atoms with Crippen LogP contribution in [0.25, 0.3) is 0 Å². The molecule has 206 valence electrons. The summed E-state index contributed by atoms with van der Waals surface area (Å²) in [6.45, 7) is 12.1. The molecule has 0 radical (unpaired) electrons. The molecule has 37 heavy (non-hydrogen) atoms. The lowest BCUT2D eigenvalue weighted by Gasteiger charge is -2.36. The second-order valence-electron chi connectivity index (χ2n) is 11.3. The molecule has 1 aliphatic carbocycles. The van der Waals surface area contributed by atoms with E-state index in [0.29, 0.717) is 24.9 Å². The van der Waals surface area contributed by atoms with Gasteiger partial charge in [0.1, 0.15) is 0 Å². The number of aryl methyl sites for hydroxylation is 1. The molecule has 1 N–H and O–H groups in total. The molecule has 1 aromatic rings. The quantitative estimate of drug-likeness (QED) is 0.186. The van der Waals surface area contributed by atoms with Gasteiger partial charge < -0.3 is 15.0 Å². The third kappa shape index (κ3) is 8.17. The van der Waals surface area contributed by atoms with Gasteiger partial charge in [-0.3, -0.25) is 9.59 Å². The highest BCUT2D eigenvalue weighted by molar-refractivity contribution is 5.84. The molecule has 4 atom stereocenters. The first-order valence-electron chi connectivity index (χ1n) is 14.9. The molecule has 2 fully saturated rings. The predicted octanol–water partition coefficient (Wildman–Crippen LogP) is 7.43. The van der Waals surface area contributed by atoms with E-state index in [-0.39, 0.29) is 11.9 Å². The first kappa shape index (κ1) is 29.4. The topological polar surface area (TPSA) is 58.6 Å². The van der Waals surface area contributed by atoms with Crippen LogP contribution in [-0.4, -0.2) is 31.1 Å². The maximum absolute atomic E-state index is 12.5. The SMILES string of the molecule is CCCC(CCC(C)CC)OCCCc1cccc(N(C=O)C2CCC(=O)NC2=C2CC2)c1C(C)CC. The van der Waals surface area contributed by atoms with Crippen molar-refractivity contribution in [1.82, 2.24) is 5.32 Å². The van der Waals surface area contributed by atoms with Gasteiger partial charge in [0.2, 0.25) is 12.3 Å². The van der Waals surface area contributed by atoms with Crippen molar-refractivity contribution < 1.29 is 14.3 Å². The first-order chi connectivity index (χ1) is 17.9. The van der Waals surface area contributed by atoms with Crippen molar-refractivity contribution in [3.8, 4) is 0 Å². The van der Waals surface area contributed by atoms with Crippen molar-refractivity contribution in [3.05, 3.63) is 40.6 Å². The summed E-state index contributed by atoms with van der Waals surface area (Å²) < 4.78 is 6.36. The van der Waals surface area contributed by atoms with Crippen molar-refractivity contribution in [3.63, 3.8) is 0 Å². The molecule has 1 aliphatic heterocycles. The van der Waals surface area contributed by atoms with Gasteiger partial charge >= 0.3 is 0 Å². The minimum atomic E-state index is -0.0885. The average Bonchev–Trinajstić information content (AvgIpc) is 3.75. The van der Waals surface area contributed by atoms with E-state index >= 15 is 0 Å². The van der Waals surface area contributed by atoms with Gasteiger partial charge in [0.15, 0.2) is 0 Å². The highest BCUT2D eigenvalue weighted by atomic mass is 16.5. The van der Waals surface area contributed by atoms with Crippen LogP contribution in [0, 0.1) is 5.92 Å². The summed E-state index contributed by atoms with van der Waals surface area (Å²) in [5, 5.41) is 3.10. The molecular formula is C32H50N2O3. The molecule has 1 saturated heterocycles. The number of hydrogen-bond donors (Lipinski definition) is 1. The minimum absolute atomic E-state index is 0.0675. The fourth-order valence-corrected chi connectivity index (χ4v) is 5.58. The van der Waals surface area contributed by atoms with E-state index in [4.69, 9.17) is 4.74 Å². The number of benzene rings is 1. The van der Waals surface area contributed by atoms with Crippen molar-refractivity contribution >= 4 is 18.0 Å². The van der Waals surface area contributed by atoms with Crippen molar-refractivity contribution in [2.24, 2.45) is 5.92 Å². The summed E-state index contributed by atoms with van der Waals surface area (Å²) in [4.78, 5) is 26.6. The lowest BCUT2D eigenvalue weighted by atomic mass is 9.88. The molecule has 2 amide bonds. The highest BCUT2D eigenvalue weighted by Gasteiger charge is 2.35. The van der Waals surface area contributed by atoms with Crippen LogP contribution in [0.15, 0.2) is 29.5 Å². The molecular weight excluding hydrogens is 460 g/mol. The van der Waals surface area contributed by atoms with Crippen LogP contribution in [0.2, 0.25) is 0 Å². The number of nitrogens with one attached hydrogen (secondary N) is 1. The maximum atomic E-state index is 12.5. The molecule has 1 saturated carbocycles. The molecule has 2 aliphatic rings. The molecule has 1 aromatic carbocycles. The van der Waals surface area contributed by atoms with E-state index in [9.17, 15) is 9.59 Å². The zero-order valence-electron chi connectivity index (χ0n) is 24.0. The number of nitrogens with zero attached hydrogens (tertiary/aromatic N) is 1. The van der Waals surface area contributed by atoms with Crippen LogP contribution in [0.3, 0.4) is 0 Å². The van der Waals surface area contributed by atoms with E-state index in [1.54, 1.807) is 0 Å². The van der Waals surface area contributed by atoms with Gasteiger partial charge in [-0.25, -0.2) is 0 Å². The Morgan fingerprint density at radius 3 is 2.51 bits per heavy atom. The standard InChI is InChI=1S/C32H50N2O3/c1-6-11-27(18-15-23(4)7-2)37-21-10-13-25-12-9-14-28(31(25)24(5)8-3)34(22-35)29-19-20-30(36)33-32(29)26-16-17-26/h9,12,14,22-24,27,29H,6-8,10-11,13,15-21H2,1-5H3,(H,33,36). The fraction of sp³-hybridized carbons (Fsp3) is 0.688. The van der Waals surface area contributed by atoms with Crippen LogP contribution in [0.5, 0.6) is 0 Å². The van der Waals surface area contributed by atoms with E-state index in [0.717, 1.165) is 81.7 Å². The van der Waals surface area contributed by atoms with Crippen LogP contribution >= 0.6 is 0 Å². The molecule has 0 spiro atoms. The Morgan fingerprint density at radius 1 is 1.08 bits per heavy atom. The predicted molar refractivity (Wildman–Crippen MR) is 153 cm³/mol. The number of hydrogen-bond acceptors (Lipinski definition) is 3. The van der Waals surface area contributed by atoms with Crippen molar-refractivity contribution in [2.75, 3.05) is 11.5 Å². The summed E-state index contributed by atoms with van der Waals surface area (Å²) in [6, 6.07) is 6.32. The van der Waals surface area contributed by atoms with Crippen LogP contribution in [-0.2, 0) is 20.7 Å². The van der Waals surface area contributed by atoms with Crippen molar-refractivity contribution in [2.45, 2.75) is 130 Å². The summed E-state index contributed by atoms with van der Waals surface area (Å²) >= 11 is 0. The lowest BCUT2D eigenvalue weighted by molar-refractivity contribution is -0.121. The minimum Gasteiger partial charge on any atom is -0.378 e. The number of carbonyl (C=O) groups excluding carboxylic acids is 2. The first-order valence-corrected chi connectivity index (χ1v) is 14.9. The van der Waals surface area contributed by atoms with Gasteiger partial charge in [-0.05, 0) is 92.4 Å². The maximum Gasteiger partial charge on any atom is 0.224 e. The molecule has 0 bridgehead atoms. The summed E-state index contributed by atoms with van der Waals surface area (Å²) in [6.07, 6.45) is 13.4. The zero-order chi connectivity index (χ0) is 26.8. The Bertz CT molecular complexity index is 919. The number of rotatable bonds is 16. The second-order valence-corrected chi connectivity index (χ2v) is 11.3. The monoisotopic (exact) mass is 510 g/mol. The highest BCUT2D eigenvalue weighted by Crippen LogP contribution is 2.39. The second kappa shape index (κ2) is 14.7. The number of allylic oxidation sites excluding steroid dienone is 1. The van der Waals surface area contributed by atoms with Gasteiger partial charge in [0.25, 0.3) is 0 Å². The number of anilines is 1. The largest absolute Gasteiger partial charge is 0.378 e. The normalized spacial score (nSPS) is 19.8. The van der Waals surface area contributed by atoms with Gasteiger partial charge in [-0.15, -0.1) is 0 Å².